The van der Waals surface area contributed by atoms with E-state index in [9.17, 15) is 41.7 Å². The lowest BCUT2D eigenvalue weighted by atomic mass is 9.97. The van der Waals surface area contributed by atoms with Crippen molar-refractivity contribution in [3.8, 4) is 12.1 Å². The molecule has 3 unspecified atom stereocenters. The van der Waals surface area contributed by atoms with Gasteiger partial charge in [0.25, 0.3) is 0 Å². The fraction of sp³-hybridized carbons (Fsp3) is 0.340. The summed E-state index contributed by atoms with van der Waals surface area (Å²) in [4.78, 5) is 41.8. The van der Waals surface area contributed by atoms with Crippen LogP contribution in [0.4, 0.5) is 5.69 Å². The fourth-order valence-corrected chi connectivity index (χ4v) is 11.6. The van der Waals surface area contributed by atoms with E-state index in [1.807, 2.05) is 30.3 Å². The maximum absolute atomic E-state index is 13.6. The number of rotatable bonds is 18. The molecule has 1 aliphatic heterocycles. The third-order valence-corrected chi connectivity index (χ3v) is 15.4. The number of nitriles is 2. The number of hydrogen-bond acceptors (Lipinski definition) is 11. The largest absolute Gasteiger partial charge is 0.466 e. The number of amides is 2. The number of likely N-dealkylation sites (N-methyl/N-ethyl adjacent to an activating group) is 1. The van der Waals surface area contributed by atoms with E-state index in [0.29, 0.717) is 42.9 Å². The van der Waals surface area contributed by atoms with Gasteiger partial charge in [-0.25, -0.2) is 16.8 Å². The van der Waals surface area contributed by atoms with Gasteiger partial charge in [-0.1, -0.05) is 77.3 Å². The third-order valence-electron chi connectivity index (χ3n) is 11.2. The number of likely N-dealkylation sites (tertiary alicyclic amines) is 1. The van der Waals surface area contributed by atoms with Crippen molar-refractivity contribution in [3.63, 3.8) is 0 Å². The zero-order valence-corrected chi connectivity index (χ0v) is 41.9. The first-order valence-corrected chi connectivity index (χ1v) is 25.8. The molecule has 6 rings (SSSR count). The van der Waals surface area contributed by atoms with Crippen molar-refractivity contribution in [2.45, 2.75) is 81.0 Å². The Morgan fingerprint density at radius 3 is 1.97 bits per heavy atom. The van der Waals surface area contributed by atoms with Crippen LogP contribution < -0.4 is 15.2 Å². The van der Waals surface area contributed by atoms with E-state index in [1.54, 1.807) is 78.8 Å². The van der Waals surface area contributed by atoms with Crippen molar-refractivity contribution >= 4 is 78.3 Å². The summed E-state index contributed by atoms with van der Waals surface area (Å²) in [5.41, 5.74) is 7.94. The van der Waals surface area contributed by atoms with E-state index in [1.165, 1.54) is 28.0 Å². The van der Waals surface area contributed by atoms with Crippen LogP contribution in [-0.2, 0) is 58.8 Å². The van der Waals surface area contributed by atoms with E-state index in [4.69, 9.17) is 45.3 Å². The minimum absolute atomic E-state index is 0.0112. The number of carbonyl (C=O) groups excluding carboxylic acids is 3. The highest BCUT2D eigenvalue weighted by atomic mass is 35.5. The van der Waals surface area contributed by atoms with Gasteiger partial charge in [-0.05, 0) is 93.1 Å². The van der Waals surface area contributed by atoms with E-state index in [0.717, 1.165) is 5.56 Å². The standard InChI is InChI=1S/C24H29ClN4O5S.C23H23Cl2N5O3S/c1-3-34-24(31)18-8-5-13-29(16-18)23(30)21(11-14-28-12-6-9-19(28)15-26)27-35(32,33)22-17(2)7-4-10-20(22)25;1-29(15-16-6-3-2-4-7-16)23(31)21(9-11-30-10-5-8-17(30)14-26)28-34(32,33)18-12-19(24)22(27)20(25)13-18/h4,6-7,9-10,12,18,21,27H,3,5,8,11,13-14,16H2,1-2H3;2-8,10,12-13,21,28H,9,11,15,27H2,1H3. The maximum atomic E-state index is 13.6. The zero-order valence-electron chi connectivity index (χ0n) is 38.0. The molecule has 1 saturated heterocycles. The average Bonchev–Trinajstić information content (AvgIpc) is 4.00. The first-order chi connectivity index (χ1) is 32.8. The summed E-state index contributed by atoms with van der Waals surface area (Å²) in [5, 5.41) is 18.6. The number of hydrogen-bond donors (Lipinski definition) is 3. The van der Waals surface area contributed by atoms with Gasteiger partial charge in [0, 0.05) is 52.2 Å². The first-order valence-electron chi connectivity index (χ1n) is 21.7. The van der Waals surface area contributed by atoms with Gasteiger partial charge in [0.05, 0.1) is 38.2 Å². The van der Waals surface area contributed by atoms with Crippen LogP contribution >= 0.6 is 34.8 Å². The number of nitrogens with one attached hydrogen (secondary N) is 2. The van der Waals surface area contributed by atoms with E-state index >= 15 is 0 Å². The lowest BCUT2D eigenvalue weighted by molar-refractivity contribution is -0.151. The number of benzene rings is 3. The van der Waals surface area contributed by atoms with Gasteiger partial charge < -0.3 is 29.4 Å². The predicted octanol–water partition coefficient (Wildman–Crippen LogP) is 6.51. The molecule has 3 heterocycles. The number of sulfonamides is 2. The Bertz CT molecular complexity index is 2890. The zero-order chi connectivity index (χ0) is 50.5. The second-order valence-electron chi connectivity index (χ2n) is 16.1. The van der Waals surface area contributed by atoms with Gasteiger partial charge in [-0.3, -0.25) is 14.4 Å². The van der Waals surface area contributed by atoms with Crippen LogP contribution in [0.25, 0.3) is 0 Å². The van der Waals surface area contributed by atoms with Gasteiger partial charge in [-0.15, -0.1) is 0 Å². The highest BCUT2D eigenvalue weighted by Crippen LogP contribution is 2.31. The quantitative estimate of drug-likeness (QED) is 0.0632. The van der Waals surface area contributed by atoms with Crippen LogP contribution in [0.5, 0.6) is 0 Å². The third kappa shape index (κ3) is 14.3. The molecule has 3 aromatic carbocycles. The molecular formula is C47H52Cl3N9O8S2. The summed E-state index contributed by atoms with van der Waals surface area (Å²) in [5.74, 6) is -1.67. The summed E-state index contributed by atoms with van der Waals surface area (Å²) in [6.45, 7) is 4.96. The minimum atomic E-state index is -4.18. The number of carbonyl (C=O) groups is 3. The SMILES string of the molecule is CCOC(=O)C1CCCN(C(=O)C(CCn2cccc2C#N)NS(=O)(=O)c2c(C)cccc2Cl)C1.CN(Cc1ccccc1)C(=O)C(CCn1cccc1C#N)NS(=O)(=O)c1cc(Cl)c(N)c(Cl)c1. The summed E-state index contributed by atoms with van der Waals surface area (Å²) < 4.78 is 66.3. The second kappa shape index (κ2) is 24.6. The van der Waals surface area contributed by atoms with E-state index < -0.39 is 49.9 Å². The Kier molecular flexibility index (Phi) is 19.3. The number of esters is 1. The molecule has 0 bridgehead atoms. The topological polar surface area (TPSA) is 243 Å². The fourth-order valence-electron chi connectivity index (χ4n) is 7.65. The molecule has 1 fully saturated rings. The van der Waals surface area contributed by atoms with Crippen molar-refractivity contribution in [2.75, 3.05) is 32.5 Å². The molecule has 4 N–H and O–H groups in total. The molecule has 366 valence electrons. The number of nitrogens with zero attached hydrogens (tertiary/aromatic N) is 6. The lowest BCUT2D eigenvalue weighted by Gasteiger charge is -2.34. The van der Waals surface area contributed by atoms with Crippen LogP contribution in [0.2, 0.25) is 15.1 Å². The van der Waals surface area contributed by atoms with Crippen LogP contribution in [0.1, 0.15) is 55.1 Å². The summed E-state index contributed by atoms with van der Waals surface area (Å²) in [7, 11) is -6.72. The number of nitrogen functional groups attached to an aromatic ring is 1. The number of aromatic nitrogens is 2. The molecule has 22 heteroatoms. The summed E-state index contributed by atoms with van der Waals surface area (Å²) in [6.07, 6.45) is 4.82. The van der Waals surface area contributed by atoms with Crippen LogP contribution in [0.3, 0.4) is 0 Å². The molecule has 0 aliphatic carbocycles. The number of anilines is 1. The molecule has 17 nitrogen and oxygen atoms in total. The second-order valence-corrected chi connectivity index (χ2v) is 20.7. The molecular weight excluding hydrogens is 989 g/mol. The van der Waals surface area contributed by atoms with Crippen molar-refractivity contribution in [1.82, 2.24) is 28.4 Å². The van der Waals surface area contributed by atoms with Crippen molar-refractivity contribution in [3.05, 3.63) is 135 Å². The summed E-state index contributed by atoms with van der Waals surface area (Å²) in [6, 6.07) is 25.1. The highest BCUT2D eigenvalue weighted by molar-refractivity contribution is 7.90. The average molecular weight is 1040 g/mol. The smallest absolute Gasteiger partial charge is 0.310 e. The maximum Gasteiger partial charge on any atom is 0.310 e. The van der Waals surface area contributed by atoms with Crippen molar-refractivity contribution in [1.29, 1.82) is 10.5 Å². The van der Waals surface area contributed by atoms with Gasteiger partial charge in [0.1, 0.15) is 40.5 Å². The number of aryl methyl sites for hydroxylation is 3. The molecule has 1 aliphatic rings. The Hall–Kier alpha value is -5.90. The molecule has 69 heavy (non-hydrogen) atoms. The molecule has 5 aromatic rings. The molecule has 0 spiro atoms. The molecule has 0 radical (unpaired) electrons. The number of nitrogens with two attached hydrogens (primary N) is 1. The number of piperidine rings is 1. The Balaban J connectivity index is 0.000000258. The van der Waals surface area contributed by atoms with Gasteiger partial charge >= 0.3 is 5.97 Å². The van der Waals surface area contributed by atoms with Crippen LogP contribution in [0.15, 0.2) is 107 Å². The Morgan fingerprint density at radius 2 is 1.41 bits per heavy atom. The van der Waals surface area contributed by atoms with Crippen molar-refractivity contribution in [2.24, 2.45) is 5.92 Å². The molecule has 2 aromatic heterocycles. The minimum Gasteiger partial charge on any atom is -0.466 e. The van der Waals surface area contributed by atoms with Gasteiger partial charge in [0.2, 0.25) is 31.9 Å². The number of halogens is 3. The van der Waals surface area contributed by atoms with E-state index in [-0.39, 0.29) is 75.6 Å². The molecule has 3 atom stereocenters. The lowest BCUT2D eigenvalue weighted by Crippen LogP contribution is -2.52. The predicted molar refractivity (Wildman–Crippen MR) is 262 cm³/mol. The van der Waals surface area contributed by atoms with Crippen LogP contribution in [-0.4, -0.2) is 92.4 Å². The highest BCUT2D eigenvalue weighted by Gasteiger charge is 2.36. The molecule has 0 saturated carbocycles. The summed E-state index contributed by atoms with van der Waals surface area (Å²) >= 11 is 18.2. The normalized spacial score (nSPS) is 14.6. The van der Waals surface area contributed by atoms with Gasteiger partial charge in [0.15, 0.2) is 0 Å². The van der Waals surface area contributed by atoms with Gasteiger partial charge in [-0.2, -0.15) is 20.0 Å². The van der Waals surface area contributed by atoms with Crippen molar-refractivity contribution < 1.29 is 36.0 Å². The first kappa shape index (κ1) is 54.0. The monoisotopic (exact) mass is 1040 g/mol. The Labute approximate surface area is 417 Å². The van der Waals surface area contributed by atoms with E-state index in [2.05, 4.69) is 21.6 Å². The molecule has 2 amide bonds. The van der Waals surface area contributed by atoms with Crippen LogP contribution in [0, 0.1) is 35.5 Å². The Morgan fingerprint density at radius 1 is 0.826 bits per heavy atom. The number of ether oxygens (including phenoxy) is 1.